The van der Waals surface area contributed by atoms with Crippen LogP contribution in [0.25, 0.3) is 10.1 Å². The maximum atomic E-state index is 13.3. The number of nitrogens with one attached hydrogen (secondary N) is 1. The Bertz CT molecular complexity index is 691. The highest BCUT2D eigenvalue weighted by atomic mass is 32.1. The molecule has 1 aromatic carbocycles. The van der Waals surface area contributed by atoms with Gasteiger partial charge >= 0.3 is 0 Å². The average molecular weight is 306 g/mol. The predicted molar refractivity (Wildman–Crippen MR) is 84.0 cm³/mol. The van der Waals surface area contributed by atoms with E-state index in [1.165, 1.54) is 10.9 Å². The summed E-state index contributed by atoms with van der Waals surface area (Å²) in [5.41, 5.74) is 0. The third kappa shape index (κ3) is 2.90. The minimum absolute atomic E-state index is 0.179. The van der Waals surface area contributed by atoms with E-state index in [-0.39, 0.29) is 11.9 Å². The zero-order chi connectivity index (χ0) is 13.9. The van der Waals surface area contributed by atoms with Crippen molar-refractivity contribution in [2.24, 2.45) is 0 Å². The lowest BCUT2D eigenvalue weighted by molar-refractivity contribution is 0.557. The fraction of sp³-hybridized carbons (Fsp3) is 0.267. The van der Waals surface area contributed by atoms with Gasteiger partial charge in [-0.25, -0.2) is 9.37 Å². The summed E-state index contributed by atoms with van der Waals surface area (Å²) in [5, 5.41) is 7.60. The Balaban J connectivity index is 1.92. The lowest BCUT2D eigenvalue weighted by Crippen LogP contribution is -2.21. The average Bonchev–Trinajstić information content (AvgIpc) is 3.06. The lowest BCUT2D eigenvalue weighted by Gasteiger charge is -2.14. The molecule has 2 nitrogen and oxygen atoms in total. The molecule has 2 heterocycles. The smallest absolute Gasteiger partial charge is 0.123 e. The van der Waals surface area contributed by atoms with Crippen molar-refractivity contribution in [3.05, 3.63) is 51.5 Å². The van der Waals surface area contributed by atoms with Gasteiger partial charge in [0, 0.05) is 33.6 Å². The number of thiazole rings is 1. The van der Waals surface area contributed by atoms with Crippen molar-refractivity contribution in [1.82, 2.24) is 10.3 Å². The van der Waals surface area contributed by atoms with Gasteiger partial charge in [-0.2, -0.15) is 0 Å². The third-order valence-corrected chi connectivity index (χ3v) is 5.19. The summed E-state index contributed by atoms with van der Waals surface area (Å²) in [5.74, 6) is -0.179. The van der Waals surface area contributed by atoms with E-state index in [0.717, 1.165) is 28.1 Å². The number of likely N-dealkylation sites (N-methyl/N-ethyl adjacent to an activating group) is 1. The second-order valence-electron chi connectivity index (χ2n) is 4.57. The first-order valence-corrected chi connectivity index (χ1v) is 8.26. The van der Waals surface area contributed by atoms with E-state index in [2.05, 4.69) is 23.3 Å². The van der Waals surface area contributed by atoms with Crippen LogP contribution in [0.2, 0.25) is 0 Å². The molecule has 0 aliphatic rings. The number of thiophene rings is 1. The summed E-state index contributed by atoms with van der Waals surface area (Å²) in [6.07, 6.45) is 2.71. The molecule has 0 aliphatic carbocycles. The van der Waals surface area contributed by atoms with Crippen molar-refractivity contribution in [2.75, 3.05) is 6.54 Å². The van der Waals surface area contributed by atoms with Gasteiger partial charge in [0.25, 0.3) is 0 Å². The summed E-state index contributed by atoms with van der Waals surface area (Å²) >= 11 is 3.40. The number of hydrogen-bond donors (Lipinski definition) is 1. The highest BCUT2D eigenvalue weighted by Crippen LogP contribution is 2.32. The molecule has 0 bridgehead atoms. The minimum Gasteiger partial charge on any atom is -0.309 e. The van der Waals surface area contributed by atoms with E-state index >= 15 is 0 Å². The molecule has 0 amide bonds. The summed E-state index contributed by atoms with van der Waals surface area (Å²) in [7, 11) is 0. The first-order chi connectivity index (χ1) is 9.76. The number of nitrogens with zero attached hydrogens (tertiary/aromatic N) is 1. The molecule has 3 aromatic rings. The molecule has 0 saturated carbocycles. The quantitative estimate of drug-likeness (QED) is 0.756. The number of aromatic nitrogens is 1. The monoisotopic (exact) mass is 306 g/mol. The van der Waals surface area contributed by atoms with Crippen molar-refractivity contribution in [2.45, 2.75) is 19.4 Å². The van der Waals surface area contributed by atoms with Crippen molar-refractivity contribution in [3.63, 3.8) is 0 Å². The minimum atomic E-state index is -0.179. The van der Waals surface area contributed by atoms with Crippen LogP contribution in [0.3, 0.4) is 0 Å². The second kappa shape index (κ2) is 5.99. The van der Waals surface area contributed by atoms with Gasteiger partial charge in [-0.05, 0) is 36.2 Å². The molecular weight excluding hydrogens is 291 g/mol. The van der Waals surface area contributed by atoms with Crippen LogP contribution in [0.5, 0.6) is 0 Å². The number of rotatable bonds is 5. The van der Waals surface area contributed by atoms with E-state index in [9.17, 15) is 4.39 Å². The Morgan fingerprint density at radius 3 is 3.00 bits per heavy atom. The van der Waals surface area contributed by atoms with Crippen LogP contribution in [-0.2, 0) is 6.42 Å². The fourth-order valence-electron chi connectivity index (χ4n) is 2.25. The molecule has 1 atom stereocenters. The lowest BCUT2D eigenvalue weighted by atomic mass is 10.1. The molecule has 1 N–H and O–H groups in total. The van der Waals surface area contributed by atoms with Crippen LogP contribution in [0.15, 0.2) is 35.8 Å². The van der Waals surface area contributed by atoms with E-state index < -0.39 is 0 Å². The van der Waals surface area contributed by atoms with Crippen LogP contribution >= 0.6 is 22.7 Å². The molecular formula is C15H15FN2S2. The van der Waals surface area contributed by atoms with Crippen molar-refractivity contribution in [3.8, 4) is 0 Å². The molecule has 2 aromatic heterocycles. The van der Waals surface area contributed by atoms with Crippen molar-refractivity contribution >= 4 is 32.8 Å². The Morgan fingerprint density at radius 2 is 2.25 bits per heavy atom. The Morgan fingerprint density at radius 1 is 1.35 bits per heavy atom. The molecule has 104 valence electrons. The van der Waals surface area contributed by atoms with Gasteiger partial charge in [-0.3, -0.25) is 0 Å². The van der Waals surface area contributed by atoms with Crippen LogP contribution in [0.1, 0.15) is 22.9 Å². The molecule has 0 radical (unpaired) electrons. The molecule has 0 saturated heterocycles. The van der Waals surface area contributed by atoms with Gasteiger partial charge in [-0.15, -0.1) is 22.7 Å². The normalized spacial score (nSPS) is 12.9. The number of fused-ring (bicyclic) bond motifs is 1. The first kappa shape index (κ1) is 13.7. The maximum absolute atomic E-state index is 13.3. The van der Waals surface area contributed by atoms with Gasteiger partial charge in [0.05, 0.1) is 5.01 Å². The first-order valence-electron chi connectivity index (χ1n) is 6.57. The second-order valence-corrected chi connectivity index (χ2v) is 6.67. The topological polar surface area (TPSA) is 24.9 Å². The highest BCUT2D eigenvalue weighted by Gasteiger charge is 2.15. The van der Waals surface area contributed by atoms with Gasteiger partial charge in [0.1, 0.15) is 5.82 Å². The van der Waals surface area contributed by atoms with Gasteiger partial charge in [0.2, 0.25) is 0 Å². The number of hydrogen-bond acceptors (Lipinski definition) is 4. The van der Waals surface area contributed by atoms with Gasteiger partial charge in [-0.1, -0.05) is 6.92 Å². The Labute approximate surface area is 125 Å². The van der Waals surface area contributed by atoms with E-state index in [4.69, 9.17) is 0 Å². The largest absolute Gasteiger partial charge is 0.309 e. The Kier molecular flexibility index (Phi) is 4.10. The van der Waals surface area contributed by atoms with Gasteiger partial charge < -0.3 is 5.32 Å². The maximum Gasteiger partial charge on any atom is 0.123 e. The van der Waals surface area contributed by atoms with Crippen molar-refractivity contribution in [1.29, 1.82) is 0 Å². The SMILES string of the molecule is CCNC(Cc1nccs1)c1cc2cc(F)ccc2s1. The number of halogens is 1. The molecule has 1 unspecified atom stereocenters. The highest BCUT2D eigenvalue weighted by molar-refractivity contribution is 7.19. The zero-order valence-corrected chi connectivity index (χ0v) is 12.7. The fourth-order valence-corrected chi connectivity index (χ4v) is 4.04. The molecule has 0 aliphatic heterocycles. The molecule has 0 fully saturated rings. The summed E-state index contributed by atoms with van der Waals surface area (Å²) in [6, 6.07) is 7.30. The third-order valence-electron chi connectivity index (χ3n) is 3.15. The predicted octanol–water partition coefficient (Wildman–Crippen LogP) is 4.39. The van der Waals surface area contributed by atoms with Crippen LogP contribution < -0.4 is 5.32 Å². The summed E-state index contributed by atoms with van der Waals surface area (Å²) in [6.45, 7) is 3.00. The molecule has 5 heteroatoms. The molecule has 20 heavy (non-hydrogen) atoms. The van der Waals surface area contributed by atoms with Crippen LogP contribution in [0, 0.1) is 5.82 Å². The zero-order valence-electron chi connectivity index (χ0n) is 11.1. The van der Waals surface area contributed by atoms with Crippen LogP contribution in [0.4, 0.5) is 4.39 Å². The van der Waals surface area contributed by atoms with Crippen molar-refractivity contribution < 1.29 is 4.39 Å². The van der Waals surface area contributed by atoms with E-state index in [1.54, 1.807) is 28.7 Å². The molecule has 0 spiro atoms. The summed E-state index contributed by atoms with van der Waals surface area (Å²) in [4.78, 5) is 5.59. The van der Waals surface area contributed by atoms with Crippen LogP contribution in [-0.4, -0.2) is 11.5 Å². The summed E-state index contributed by atoms with van der Waals surface area (Å²) < 4.78 is 14.4. The van der Waals surface area contributed by atoms with E-state index in [0.29, 0.717) is 0 Å². The van der Waals surface area contributed by atoms with Gasteiger partial charge in [0.15, 0.2) is 0 Å². The Hall–Kier alpha value is -1.30. The van der Waals surface area contributed by atoms with E-state index in [1.807, 2.05) is 17.6 Å². The molecule has 3 rings (SSSR count). The number of benzene rings is 1. The standard InChI is InChI=1S/C15H15FN2S2/c1-2-17-12(9-15-18-5-6-19-15)14-8-10-7-11(16)3-4-13(10)20-14/h3-8,12,17H,2,9H2,1H3.